The lowest BCUT2D eigenvalue weighted by Crippen LogP contribution is -2.57. The number of thioether (sulfide) groups is 1. The molecule has 0 spiro atoms. The number of pyridine rings is 1. The molecule has 3 aromatic rings. The van der Waals surface area contributed by atoms with Crippen LogP contribution in [0, 0.1) is 0 Å². The molecule has 33 heavy (non-hydrogen) atoms. The zero-order valence-electron chi connectivity index (χ0n) is 19.1. The quantitative estimate of drug-likeness (QED) is 0.593. The van der Waals surface area contributed by atoms with Crippen molar-refractivity contribution < 1.29 is 9.90 Å². The summed E-state index contributed by atoms with van der Waals surface area (Å²) in [6.45, 7) is 4.21. The molecule has 2 aromatic carbocycles. The average Bonchev–Trinajstić information content (AvgIpc) is 2.88. The Bertz CT molecular complexity index is 1320. The number of amides is 1. The van der Waals surface area contributed by atoms with Gasteiger partial charge < -0.3 is 10.0 Å². The van der Waals surface area contributed by atoms with Crippen molar-refractivity contribution in [1.29, 1.82) is 0 Å². The van der Waals surface area contributed by atoms with Gasteiger partial charge in [0.25, 0.3) is 5.91 Å². The molecule has 0 aliphatic carbocycles. The molecule has 166 valence electrons. The van der Waals surface area contributed by atoms with Crippen LogP contribution in [0.5, 0.6) is 5.75 Å². The van der Waals surface area contributed by atoms with Crippen LogP contribution >= 0.6 is 11.8 Å². The number of hydrogen-bond donors (Lipinski definition) is 1. The predicted octanol–water partition coefficient (Wildman–Crippen LogP) is 1.59. The minimum Gasteiger partial charge on any atom is -0.502 e. The first kappa shape index (κ1) is 21.8. The van der Waals surface area contributed by atoms with E-state index in [4.69, 9.17) is 0 Å². The van der Waals surface area contributed by atoms with Crippen molar-refractivity contribution in [3.63, 3.8) is 0 Å². The molecule has 2 aliphatic rings. The molecular formula is C24H25B2N3O3S. The van der Waals surface area contributed by atoms with Crippen LogP contribution in [0.25, 0.3) is 0 Å². The summed E-state index contributed by atoms with van der Waals surface area (Å²) in [4.78, 5) is 28.4. The Kier molecular flexibility index (Phi) is 5.12. The van der Waals surface area contributed by atoms with E-state index in [9.17, 15) is 14.7 Å². The van der Waals surface area contributed by atoms with Crippen molar-refractivity contribution in [1.82, 2.24) is 9.58 Å². The monoisotopic (exact) mass is 457 g/mol. The maximum Gasteiger partial charge on any atom is 0.278 e. The lowest BCUT2D eigenvalue weighted by Gasteiger charge is -2.45. The second-order valence-electron chi connectivity index (χ2n) is 9.31. The van der Waals surface area contributed by atoms with Gasteiger partial charge in [-0.15, -0.1) is 11.8 Å². The van der Waals surface area contributed by atoms with E-state index in [2.05, 4.69) is 51.0 Å². The summed E-state index contributed by atoms with van der Waals surface area (Å²) in [7, 11) is 4.46. The highest BCUT2D eigenvalue weighted by molar-refractivity contribution is 8.02. The van der Waals surface area contributed by atoms with Gasteiger partial charge in [-0.1, -0.05) is 42.5 Å². The average molecular weight is 457 g/mol. The van der Waals surface area contributed by atoms with Gasteiger partial charge in [-0.2, -0.15) is 0 Å². The van der Waals surface area contributed by atoms with Gasteiger partial charge in [-0.05, 0) is 41.1 Å². The number of carbonyl (C=O) groups is 1. The van der Waals surface area contributed by atoms with Gasteiger partial charge in [0.15, 0.2) is 11.4 Å². The van der Waals surface area contributed by atoms with E-state index >= 15 is 0 Å². The number of aromatic hydroxyl groups is 1. The van der Waals surface area contributed by atoms with Gasteiger partial charge in [-0.25, -0.2) is 0 Å². The first-order valence-corrected chi connectivity index (χ1v) is 11.9. The van der Waals surface area contributed by atoms with Crippen LogP contribution < -0.4 is 10.4 Å². The molecule has 5 rings (SSSR count). The highest BCUT2D eigenvalue weighted by Gasteiger charge is 2.41. The summed E-state index contributed by atoms with van der Waals surface area (Å²) in [6, 6.07) is 17.7. The third-order valence-corrected chi connectivity index (χ3v) is 7.82. The van der Waals surface area contributed by atoms with E-state index < -0.39 is 11.2 Å². The first-order chi connectivity index (χ1) is 15.7. The standard InChI is InChI=1S/C24H25B2N3O3S/c1-14(2)27-13-29(28-12-11-18(30)22(31)21(28)23(27)32)20-15-7-3-5-9-17(15)24(25,26)33-19-10-6-4-8-16(19)20/h3-12,14,20,31H,13,25-26H2,1-2H3. The molecule has 6 nitrogen and oxygen atoms in total. The molecule has 0 radical (unpaired) electrons. The second-order valence-corrected chi connectivity index (χ2v) is 11.0. The molecule has 3 heterocycles. The fourth-order valence-corrected chi connectivity index (χ4v) is 6.15. The summed E-state index contributed by atoms with van der Waals surface area (Å²) in [5.41, 5.74) is 2.94. The van der Waals surface area contributed by atoms with E-state index in [1.54, 1.807) is 15.8 Å². The Morgan fingerprint density at radius 2 is 1.70 bits per heavy atom. The lowest BCUT2D eigenvalue weighted by molar-refractivity contribution is 0.0621. The van der Waals surface area contributed by atoms with E-state index in [-0.39, 0.29) is 28.2 Å². The van der Waals surface area contributed by atoms with Crippen LogP contribution in [0.1, 0.15) is 47.1 Å². The molecule has 1 aromatic heterocycles. The van der Waals surface area contributed by atoms with Crippen LogP contribution in [0.4, 0.5) is 0 Å². The molecule has 9 heteroatoms. The first-order valence-electron chi connectivity index (χ1n) is 11.1. The summed E-state index contributed by atoms with van der Waals surface area (Å²) in [6.07, 6.45) is 1.60. The summed E-state index contributed by atoms with van der Waals surface area (Å²) in [5.74, 6) is -0.857. The minimum absolute atomic E-state index is 0.00794. The van der Waals surface area contributed by atoms with E-state index in [1.807, 2.05) is 43.8 Å². The SMILES string of the molecule is BC1(B)Sc2ccccc2C(N2CN(C(C)C)C(=O)c3c(O)c(=O)ccn32)c2ccccc21. The van der Waals surface area contributed by atoms with Crippen molar-refractivity contribution >= 4 is 33.4 Å². The predicted molar refractivity (Wildman–Crippen MR) is 136 cm³/mol. The Morgan fingerprint density at radius 3 is 2.42 bits per heavy atom. The Labute approximate surface area is 199 Å². The Hall–Kier alpha value is -3.06. The Morgan fingerprint density at radius 1 is 1.03 bits per heavy atom. The summed E-state index contributed by atoms with van der Waals surface area (Å²) < 4.78 is 1.50. The smallest absolute Gasteiger partial charge is 0.278 e. The molecule has 1 unspecified atom stereocenters. The summed E-state index contributed by atoms with van der Waals surface area (Å²) >= 11 is 1.82. The van der Waals surface area contributed by atoms with Crippen LogP contribution in [0.15, 0.2) is 70.5 Å². The van der Waals surface area contributed by atoms with Crippen molar-refractivity contribution in [3.8, 4) is 5.75 Å². The maximum absolute atomic E-state index is 13.3. The zero-order chi connectivity index (χ0) is 23.5. The third kappa shape index (κ3) is 3.37. The number of fused-ring (bicyclic) bond motifs is 3. The van der Waals surface area contributed by atoms with E-state index in [0.717, 1.165) is 11.1 Å². The van der Waals surface area contributed by atoms with Gasteiger partial charge in [0.05, 0.1) is 6.04 Å². The van der Waals surface area contributed by atoms with Gasteiger partial charge in [0.2, 0.25) is 5.43 Å². The third-order valence-electron chi connectivity index (χ3n) is 6.50. The van der Waals surface area contributed by atoms with Crippen LogP contribution in [-0.4, -0.2) is 49.0 Å². The molecule has 1 atom stereocenters. The second kappa shape index (κ2) is 7.76. The number of carbonyl (C=O) groups excluding carboxylic acids is 1. The molecule has 0 fully saturated rings. The van der Waals surface area contributed by atoms with Gasteiger partial charge in [0, 0.05) is 23.2 Å². The molecule has 0 bridgehead atoms. The van der Waals surface area contributed by atoms with Crippen LogP contribution in [0.3, 0.4) is 0 Å². The molecule has 0 saturated heterocycles. The van der Waals surface area contributed by atoms with Crippen molar-refractivity contribution in [2.45, 2.75) is 35.4 Å². The fraction of sp³-hybridized carbons (Fsp3) is 0.250. The minimum atomic E-state index is -0.557. The number of hydrogen-bond acceptors (Lipinski definition) is 5. The van der Waals surface area contributed by atoms with Gasteiger partial charge in [-0.3, -0.25) is 19.3 Å². The number of aromatic nitrogens is 1. The number of benzene rings is 2. The highest BCUT2D eigenvalue weighted by Crippen LogP contribution is 2.49. The normalized spacial score (nSPS) is 19.0. The fourth-order valence-electron chi connectivity index (χ4n) is 4.86. The largest absolute Gasteiger partial charge is 0.502 e. The topological polar surface area (TPSA) is 65.8 Å². The lowest BCUT2D eigenvalue weighted by atomic mass is 9.63. The molecule has 1 N–H and O–H groups in total. The van der Waals surface area contributed by atoms with Crippen LogP contribution in [-0.2, 0) is 4.55 Å². The molecule has 1 amide bonds. The molecule has 0 saturated carbocycles. The number of rotatable bonds is 2. The molecule has 2 aliphatic heterocycles. The zero-order valence-corrected chi connectivity index (χ0v) is 20.0. The van der Waals surface area contributed by atoms with Crippen molar-refractivity contribution in [2.75, 3.05) is 11.7 Å². The highest BCUT2D eigenvalue weighted by atomic mass is 32.2. The number of nitrogens with zero attached hydrogens (tertiary/aromatic N) is 3. The van der Waals surface area contributed by atoms with E-state index in [1.165, 1.54) is 16.5 Å². The molecular weight excluding hydrogens is 432 g/mol. The summed E-state index contributed by atoms with van der Waals surface area (Å²) in [5, 5.41) is 12.7. The van der Waals surface area contributed by atoms with Crippen molar-refractivity contribution in [3.05, 3.63) is 93.4 Å². The van der Waals surface area contributed by atoms with Gasteiger partial charge in [0.1, 0.15) is 22.4 Å². The Balaban J connectivity index is 1.82. The van der Waals surface area contributed by atoms with E-state index in [0.29, 0.717) is 6.67 Å². The maximum atomic E-state index is 13.3. The van der Waals surface area contributed by atoms with Crippen molar-refractivity contribution in [2.24, 2.45) is 0 Å². The van der Waals surface area contributed by atoms with Gasteiger partial charge >= 0.3 is 0 Å². The van der Waals surface area contributed by atoms with Crippen LogP contribution in [0.2, 0.25) is 0 Å².